The predicted octanol–water partition coefficient (Wildman–Crippen LogP) is 2.17. The van der Waals surface area contributed by atoms with E-state index in [2.05, 4.69) is 37.6 Å². The minimum absolute atomic E-state index is 0.302. The molecule has 0 spiro atoms. The quantitative estimate of drug-likeness (QED) is 0.850. The van der Waals surface area contributed by atoms with Crippen LogP contribution in [0, 0.1) is 11.3 Å². The molecule has 0 aromatic rings. The number of nitrogens with zero attached hydrogens (tertiary/aromatic N) is 2. The lowest BCUT2D eigenvalue weighted by Gasteiger charge is -2.49. The van der Waals surface area contributed by atoms with Gasteiger partial charge in [-0.05, 0) is 51.6 Å². The molecule has 1 aliphatic carbocycles. The molecule has 2 fully saturated rings. The summed E-state index contributed by atoms with van der Waals surface area (Å²) in [4.78, 5) is 5.16. The topological polar surface area (TPSA) is 32.5 Å². The predicted molar refractivity (Wildman–Crippen MR) is 82.3 cm³/mol. The SMILES string of the molecule is CC1CCC(CN)(CN2CCN(C)C(C)(C)C2)CC1. The van der Waals surface area contributed by atoms with Crippen LogP contribution >= 0.6 is 0 Å². The van der Waals surface area contributed by atoms with Gasteiger partial charge in [0.15, 0.2) is 0 Å². The minimum Gasteiger partial charge on any atom is -0.330 e. The number of likely N-dealkylation sites (N-methyl/N-ethyl adjacent to an activating group) is 1. The molecule has 0 bridgehead atoms. The Morgan fingerprint density at radius 2 is 1.79 bits per heavy atom. The first kappa shape index (κ1) is 15.3. The summed E-state index contributed by atoms with van der Waals surface area (Å²) in [6.07, 6.45) is 5.40. The van der Waals surface area contributed by atoms with Crippen molar-refractivity contribution >= 4 is 0 Å². The molecule has 0 atom stereocenters. The highest BCUT2D eigenvalue weighted by Crippen LogP contribution is 2.39. The smallest absolute Gasteiger partial charge is 0.0277 e. The Hall–Kier alpha value is -0.120. The zero-order chi connectivity index (χ0) is 14.1. The maximum Gasteiger partial charge on any atom is 0.0277 e. The van der Waals surface area contributed by atoms with E-state index in [9.17, 15) is 0 Å². The number of rotatable bonds is 3. The van der Waals surface area contributed by atoms with E-state index in [1.54, 1.807) is 0 Å². The molecule has 1 heterocycles. The Bertz CT molecular complexity index is 292. The van der Waals surface area contributed by atoms with Crippen LogP contribution in [0.2, 0.25) is 0 Å². The molecule has 1 saturated carbocycles. The van der Waals surface area contributed by atoms with Crippen LogP contribution in [-0.2, 0) is 0 Å². The summed E-state index contributed by atoms with van der Waals surface area (Å²) < 4.78 is 0. The van der Waals surface area contributed by atoms with E-state index < -0.39 is 0 Å². The van der Waals surface area contributed by atoms with Crippen molar-refractivity contribution in [2.24, 2.45) is 17.1 Å². The van der Waals surface area contributed by atoms with Crippen LogP contribution < -0.4 is 5.73 Å². The number of hydrogen-bond acceptors (Lipinski definition) is 3. The van der Waals surface area contributed by atoms with Crippen molar-refractivity contribution in [1.29, 1.82) is 0 Å². The van der Waals surface area contributed by atoms with Gasteiger partial charge in [-0.1, -0.05) is 19.8 Å². The summed E-state index contributed by atoms with van der Waals surface area (Å²) in [6.45, 7) is 12.8. The first-order chi connectivity index (χ1) is 8.87. The monoisotopic (exact) mass is 267 g/mol. The van der Waals surface area contributed by atoms with Gasteiger partial charge in [-0.3, -0.25) is 9.80 Å². The second kappa shape index (κ2) is 5.71. The van der Waals surface area contributed by atoms with Gasteiger partial charge < -0.3 is 5.73 Å². The lowest BCUT2D eigenvalue weighted by atomic mass is 9.70. The average Bonchev–Trinajstić information content (AvgIpc) is 2.37. The molecule has 112 valence electrons. The third kappa shape index (κ3) is 3.50. The molecule has 0 radical (unpaired) electrons. The van der Waals surface area contributed by atoms with Gasteiger partial charge in [0.1, 0.15) is 0 Å². The molecular formula is C16H33N3. The Kier molecular flexibility index (Phi) is 4.59. The second-order valence-electron chi connectivity index (χ2n) is 7.83. The molecule has 0 amide bonds. The molecule has 2 rings (SSSR count). The van der Waals surface area contributed by atoms with Crippen molar-refractivity contribution in [2.75, 3.05) is 39.8 Å². The van der Waals surface area contributed by atoms with Crippen LogP contribution in [0.15, 0.2) is 0 Å². The molecular weight excluding hydrogens is 234 g/mol. The van der Waals surface area contributed by atoms with Crippen molar-refractivity contribution in [1.82, 2.24) is 9.80 Å². The van der Waals surface area contributed by atoms with E-state index in [0.717, 1.165) is 12.5 Å². The molecule has 1 aliphatic heterocycles. The highest BCUT2D eigenvalue weighted by atomic mass is 15.3. The Labute approximate surface area is 119 Å². The van der Waals surface area contributed by atoms with Crippen LogP contribution in [0.3, 0.4) is 0 Å². The summed E-state index contributed by atoms with van der Waals surface area (Å²) in [5.41, 5.74) is 6.86. The van der Waals surface area contributed by atoms with Gasteiger partial charge in [0, 0.05) is 31.7 Å². The molecule has 2 aliphatic rings. The molecule has 1 saturated heterocycles. The molecule has 0 unspecified atom stereocenters. The van der Waals surface area contributed by atoms with E-state index in [1.165, 1.54) is 51.9 Å². The zero-order valence-electron chi connectivity index (χ0n) is 13.4. The van der Waals surface area contributed by atoms with Gasteiger partial charge >= 0.3 is 0 Å². The third-order valence-electron chi connectivity index (χ3n) is 5.72. The van der Waals surface area contributed by atoms with Crippen molar-refractivity contribution in [3.05, 3.63) is 0 Å². The van der Waals surface area contributed by atoms with E-state index in [0.29, 0.717) is 11.0 Å². The van der Waals surface area contributed by atoms with Gasteiger partial charge in [-0.2, -0.15) is 0 Å². The molecule has 0 aromatic heterocycles. The number of hydrogen-bond donors (Lipinski definition) is 1. The van der Waals surface area contributed by atoms with Crippen LogP contribution in [-0.4, -0.2) is 55.1 Å². The fourth-order valence-electron chi connectivity index (χ4n) is 3.75. The van der Waals surface area contributed by atoms with Gasteiger partial charge in [-0.25, -0.2) is 0 Å². The van der Waals surface area contributed by atoms with Crippen LogP contribution in [0.1, 0.15) is 46.5 Å². The lowest BCUT2D eigenvalue weighted by Crippen LogP contribution is -2.59. The Morgan fingerprint density at radius 1 is 1.16 bits per heavy atom. The normalized spacial score (nSPS) is 37.4. The summed E-state index contributed by atoms with van der Waals surface area (Å²) in [5, 5.41) is 0. The average molecular weight is 267 g/mol. The number of nitrogens with two attached hydrogens (primary N) is 1. The highest BCUT2D eigenvalue weighted by molar-refractivity contribution is 4.93. The second-order valence-corrected chi connectivity index (χ2v) is 7.83. The van der Waals surface area contributed by atoms with E-state index in [4.69, 9.17) is 5.73 Å². The maximum absolute atomic E-state index is 6.16. The van der Waals surface area contributed by atoms with Crippen LogP contribution in [0.25, 0.3) is 0 Å². The van der Waals surface area contributed by atoms with Gasteiger partial charge in [0.05, 0.1) is 0 Å². The van der Waals surface area contributed by atoms with Crippen molar-refractivity contribution in [2.45, 2.75) is 52.0 Å². The summed E-state index contributed by atoms with van der Waals surface area (Å²) in [5.74, 6) is 0.906. The molecule has 3 heteroatoms. The standard InChI is InChI=1S/C16H33N3/c1-14-5-7-16(11-17,8-6-14)13-19-10-9-18(4)15(2,3)12-19/h14H,5-13,17H2,1-4H3. The molecule has 19 heavy (non-hydrogen) atoms. The third-order valence-corrected chi connectivity index (χ3v) is 5.72. The van der Waals surface area contributed by atoms with Gasteiger partial charge in [0.2, 0.25) is 0 Å². The Balaban J connectivity index is 1.95. The van der Waals surface area contributed by atoms with Gasteiger partial charge in [0.25, 0.3) is 0 Å². The lowest BCUT2D eigenvalue weighted by molar-refractivity contribution is 0.00543. The highest BCUT2D eigenvalue weighted by Gasteiger charge is 2.38. The van der Waals surface area contributed by atoms with Crippen LogP contribution in [0.5, 0.6) is 0 Å². The molecule has 0 aromatic carbocycles. The number of piperazine rings is 1. The maximum atomic E-state index is 6.16. The van der Waals surface area contributed by atoms with Crippen molar-refractivity contribution < 1.29 is 0 Å². The van der Waals surface area contributed by atoms with Crippen molar-refractivity contribution in [3.8, 4) is 0 Å². The largest absolute Gasteiger partial charge is 0.330 e. The zero-order valence-corrected chi connectivity index (χ0v) is 13.4. The Morgan fingerprint density at radius 3 is 2.32 bits per heavy atom. The van der Waals surface area contributed by atoms with Crippen molar-refractivity contribution in [3.63, 3.8) is 0 Å². The first-order valence-electron chi connectivity index (χ1n) is 8.01. The van der Waals surface area contributed by atoms with Crippen LogP contribution in [0.4, 0.5) is 0 Å². The van der Waals surface area contributed by atoms with Gasteiger partial charge in [-0.15, -0.1) is 0 Å². The summed E-state index contributed by atoms with van der Waals surface area (Å²) in [7, 11) is 2.25. The molecule has 3 nitrogen and oxygen atoms in total. The summed E-state index contributed by atoms with van der Waals surface area (Å²) >= 11 is 0. The summed E-state index contributed by atoms with van der Waals surface area (Å²) in [6, 6.07) is 0. The minimum atomic E-state index is 0.302. The fraction of sp³-hybridized carbons (Fsp3) is 1.00. The fourth-order valence-corrected chi connectivity index (χ4v) is 3.75. The van der Waals surface area contributed by atoms with E-state index >= 15 is 0 Å². The molecule has 2 N–H and O–H groups in total. The van der Waals surface area contributed by atoms with E-state index in [-0.39, 0.29) is 0 Å². The first-order valence-corrected chi connectivity index (χ1v) is 8.01. The van der Waals surface area contributed by atoms with E-state index in [1.807, 2.05) is 0 Å².